The van der Waals surface area contributed by atoms with Gasteiger partial charge in [0.15, 0.2) is 0 Å². The average molecular weight is 236 g/mol. The van der Waals surface area contributed by atoms with Gasteiger partial charge in [-0.1, -0.05) is 18.2 Å². The minimum atomic E-state index is -1.50. The largest absolute Gasteiger partial charge is 0.626 e. The van der Waals surface area contributed by atoms with Crippen LogP contribution in [0.25, 0.3) is 0 Å². The highest BCUT2D eigenvalue weighted by Crippen LogP contribution is 2.24. The van der Waals surface area contributed by atoms with E-state index in [-0.39, 0.29) is 12.1 Å². The summed E-state index contributed by atoms with van der Waals surface area (Å²) in [6.07, 6.45) is 2.78. The predicted octanol–water partition coefficient (Wildman–Crippen LogP) is 0.0800. The molecule has 0 aliphatic heterocycles. The van der Waals surface area contributed by atoms with Crippen molar-refractivity contribution in [3.63, 3.8) is 0 Å². The molecule has 3 unspecified atom stereocenters. The third-order valence-corrected chi connectivity index (χ3v) is 4.88. The number of nitrogens with two attached hydrogens (primary N) is 2. The van der Waals surface area contributed by atoms with Crippen molar-refractivity contribution in [3.8, 4) is 0 Å². The fourth-order valence-electron chi connectivity index (χ4n) is 2.08. The molecular formula is C12H17N2OP. The molecule has 0 radical (unpaired) electrons. The Bertz CT molecular complexity index is 391. The van der Waals surface area contributed by atoms with Crippen LogP contribution in [0.3, 0.4) is 0 Å². The SMILES string of the molecule is NC1CCCC(=[P+]([O-])c2ccccc2)C1N. The van der Waals surface area contributed by atoms with Crippen LogP contribution in [0.1, 0.15) is 19.3 Å². The molecule has 3 nitrogen and oxygen atoms in total. The van der Waals surface area contributed by atoms with Crippen molar-refractivity contribution in [1.82, 2.24) is 0 Å². The summed E-state index contributed by atoms with van der Waals surface area (Å²) in [5.74, 6) is 0. The Morgan fingerprint density at radius 2 is 1.88 bits per heavy atom. The van der Waals surface area contributed by atoms with Gasteiger partial charge in [0.1, 0.15) is 10.6 Å². The molecule has 4 heteroatoms. The van der Waals surface area contributed by atoms with E-state index in [1.165, 1.54) is 0 Å². The normalized spacial score (nSPS) is 28.9. The van der Waals surface area contributed by atoms with Crippen LogP contribution < -0.4 is 21.7 Å². The fourth-order valence-corrected chi connectivity index (χ4v) is 3.68. The highest BCUT2D eigenvalue weighted by Gasteiger charge is 2.29. The van der Waals surface area contributed by atoms with Gasteiger partial charge >= 0.3 is 0 Å². The maximum Gasteiger partial charge on any atom is 0.144 e. The molecule has 2 rings (SSSR count). The summed E-state index contributed by atoms with van der Waals surface area (Å²) in [6.45, 7) is 0. The van der Waals surface area contributed by atoms with Crippen molar-refractivity contribution < 1.29 is 4.89 Å². The van der Waals surface area contributed by atoms with E-state index < -0.39 is 7.77 Å². The zero-order chi connectivity index (χ0) is 11.5. The van der Waals surface area contributed by atoms with Crippen LogP contribution in [0.15, 0.2) is 30.3 Å². The standard InChI is InChI=1S/C12H17N2OP/c13-10-7-4-8-11(12(10)14)16(15)9-5-2-1-3-6-9/h1-3,5-6,10,12H,4,7-8,13-14H2. The molecule has 0 aromatic heterocycles. The minimum Gasteiger partial charge on any atom is -0.626 e. The van der Waals surface area contributed by atoms with E-state index in [1.807, 2.05) is 30.3 Å². The Morgan fingerprint density at radius 3 is 2.56 bits per heavy atom. The second-order valence-electron chi connectivity index (χ2n) is 4.20. The van der Waals surface area contributed by atoms with Gasteiger partial charge < -0.3 is 16.4 Å². The number of hydrogen-bond donors (Lipinski definition) is 2. The second-order valence-corrected chi connectivity index (χ2v) is 5.88. The monoisotopic (exact) mass is 236 g/mol. The lowest BCUT2D eigenvalue weighted by Gasteiger charge is -2.26. The number of hydrogen-bond acceptors (Lipinski definition) is 3. The van der Waals surface area contributed by atoms with Crippen molar-refractivity contribution in [3.05, 3.63) is 30.3 Å². The Labute approximate surface area is 96.9 Å². The molecule has 1 aromatic carbocycles. The molecule has 3 atom stereocenters. The topological polar surface area (TPSA) is 75.1 Å². The van der Waals surface area contributed by atoms with E-state index in [2.05, 4.69) is 0 Å². The summed E-state index contributed by atoms with van der Waals surface area (Å²) in [5, 5.41) is 1.79. The lowest BCUT2D eigenvalue weighted by atomic mass is 9.92. The zero-order valence-electron chi connectivity index (χ0n) is 9.17. The summed E-state index contributed by atoms with van der Waals surface area (Å²) in [6, 6.07) is 9.25. The minimum absolute atomic E-state index is 0.0357. The average Bonchev–Trinajstić information content (AvgIpc) is 2.33. The third-order valence-electron chi connectivity index (χ3n) is 3.07. The van der Waals surface area contributed by atoms with Crippen LogP contribution in [0, 0.1) is 0 Å². The first-order valence-corrected chi connectivity index (χ1v) is 6.85. The summed E-state index contributed by atoms with van der Waals surface area (Å²) < 4.78 is 0. The number of benzene rings is 1. The molecule has 0 heterocycles. The summed E-state index contributed by atoms with van der Waals surface area (Å²) in [5.41, 5.74) is 11.9. The van der Waals surface area contributed by atoms with Crippen LogP contribution in [-0.2, 0) is 0 Å². The van der Waals surface area contributed by atoms with Crippen LogP contribution in [-0.4, -0.2) is 17.4 Å². The van der Waals surface area contributed by atoms with Gasteiger partial charge in [-0.25, -0.2) is 0 Å². The van der Waals surface area contributed by atoms with Crippen molar-refractivity contribution in [2.24, 2.45) is 11.5 Å². The molecule has 0 spiro atoms. The van der Waals surface area contributed by atoms with Crippen molar-refractivity contribution in [2.75, 3.05) is 0 Å². The van der Waals surface area contributed by atoms with Crippen molar-refractivity contribution in [1.29, 1.82) is 0 Å². The van der Waals surface area contributed by atoms with Gasteiger partial charge in [0, 0.05) is 12.5 Å². The van der Waals surface area contributed by atoms with Crippen LogP contribution in [0.2, 0.25) is 0 Å². The first-order valence-electron chi connectivity index (χ1n) is 5.59. The molecule has 1 aliphatic rings. The predicted molar refractivity (Wildman–Crippen MR) is 67.8 cm³/mol. The van der Waals surface area contributed by atoms with Gasteiger partial charge in [0.05, 0.1) is 13.8 Å². The van der Waals surface area contributed by atoms with Crippen LogP contribution in [0.4, 0.5) is 0 Å². The molecule has 86 valence electrons. The first kappa shape index (κ1) is 11.7. The Kier molecular flexibility index (Phi) is 3.72. The molecule has 0 saturated heterocycles. The van der Waals surface area contributed by atoms with E-state index in [1.54, 1.807) is 0 Å². The molecule has 1 aromatic rings. The Hall–Kier alpha value is -0.730. The molecular weight excluding hydrogens is 219 g/mol. The van der Waals surface area contributed by atoms with E-state index in [9.17, 15) is 4.89 Å². The Balaban J connectivity index is 2.33. The van der Waals surface area contributed by atoms with E-state index in [4.69, 9.17) is 11.5 Å². The van der Waals surface area contributed by atoms with Gasteiger partial charge in [0.25, 0.3) is 0 Å². The third kappa shape index (κ3) is 2.33. The fraction of sp³-hybridized carbons (Fsp3) is 0.417. The van der Waals surface area contributed by atoms with Crippen molar-refractivity contribution in [2.45, 2.75) is 31.3 Å². The zero-order valence-corrected chi connectivity index (χ0v) is 10.1. The van der Waals surface area contributed by atoms with E-state index in [0.29, 0.717) is 0 Å². The molecule has 4 N–H and O–H groups in total. The maximum atomic E-state index is 12.3. The number of rotatable bonds is 1. The Morgan fingerprint density at radius 1 is 1.19 bits per heavy atom. The van der Waals surface area contributed by atoms with Crippen LogP contribution in [0.5, 0.6) is 0 Å². The highest BCUT2D eigenvalue weighted by atomic mass is 31.1. The van der Waals surface area contributed by atoms with E-state index >= 15 is 0 Å². The summed E-state index contributed by atoms with van der Waals surface area (Å²) >= 11 is 0. The molecule has 0 amide bonds. The lowest BCUT2D eigenvalue weighted by Crippen LogP contribution is -2.50. The van der Waals surface area contributed by atoms with Crippen LogP contribution >= 0.6 is 7.77 Å². The molecule has 16 heavy (non-hydrogen) atoms. The first-order chi connectivity index (χ1) is 7.70. The van der Waals surface area contributed by atoms with Gasteiger partial charge in [-0.3, -0.25) is 0 Å². The van der Waals surface area contributed by atoms with Gasteiger partial charge in [-0.15, -0.1) is 0 Å². The molecule has 1 saturated carbocycles. The maximum absolute atomic E-state index is 12.3. The van der Waals surface area contributed by atoms with E-state index in [0.717, 1.165) is 29.9 Å². The smallest absolute Gasteiger partial charge is 0.144 e. The quantitative estimate of drug-likeness (QED) is 0.678. The molecule has 0 bridgehead atoms. The second kappa shape index (κ2) is 5.07. The summed E-state index contributed by atoms with van der Waals surface area (Å²) in [4.78, 5) is 12.3. The lowest BCUT2D eigenvalue weighted by molar-refractivity contribution is -0.150. The summed E-state index contributed by atoms with van der Waals surface area (Å²) in [7, 11) is -1.50. The van der Waals surface area contributed by atoms with Gasteiger partial charge in [-0.05, 0) is 25.0 Å². The molecule has 1 fully saturated rings. The van der Waals surface area contributed by atoms with Gasteiger partial charge in [-0.2, -0.15) is 0 Å². The van der Waals surface area contributed by atoms with Crippen molar-refractivity contribution >= 4 is 18.4 Å². The van der Waals surface area contributed by atoms with Gasteiger partial charge in [0.2, 0.25) is 0 Å². The molecule has 1 aliphatic carbocycles. The highest BCUT2D eigenvalue weighted by molar-refractivity contribution is 7.59.